The molecule has 1 N–H and O–H groups in total. The average Bonchev–Trinajstić information content (AvgIpc) is 2.82. The molecule has 0 aliphatic rings. The van der Waals surface area contributed by atoms with E-state index in [1.54, 1.807) is 43.5 Å². The average molecular weight is 469 g/mol. The van der Waals surface area contributed by atoms with Crippen LogP contribution in [0.3, 0.4) is 0 Å². The Hall–Kier alpha value is -3.52. The Morgan fingerprint density at radius 1 is 0.939 bits per heavy atom. The van der Waals surface area contributed by atoms with Gasteiger partial charge in [-0.05, 0) is 55.8 Å². The van der Waals surface area contributed by atoms with Gasteiger partial charge in [-0.3, -0.25) is 9.10 Å². The van der Waals surface area contributed by atoms with Crippen LogP contribution >= 0.6 is 0 Å². The molecule has 0 bridgehead atoms. The molecule has 0 spiro atoms. The van der Waals surface area contributed by atoms with E-state index in [4.69, 9.17) is 9.47 Å². The van der Waals surface area contributed by atoms with Gasteiger partial charge in [0.25, 0.3) is 10.0 Å². The fourth-order valence-corrected chi connectivity index (χ4v) is 4.72. The van der Waals surface area contributed by atoms with E-state index >= 15 is 0 Å². The van der Waals surface area contributed by atoms with Crippen molar-refractivity contribution in [2.24, 2.45) is 0 Å². The van der Waals surface area contributed by atoms with Crippen molar-refractivity contribution in [1.29, 1.82) is 0 Å². The van der Waals surface area contributed by atoms with Crippen LogP contribution in [0.4, 0.5) is 5.69 Å². The first-order chi connectivity index (χ1) is 15.7. The highest BCUT2D eigenvalue weighted by Gasteiger charge is 2.28. The number of hydrogen-bond acceptors (Lipinski definition) is 5. The number of amides is 1. The van der Waals surface area contributed by atoms with Crippen molar-refractivity contribution in [2.75, 3.05) is 25.1 Å². The van der Waals surface area contributed by atoms with E-state index in [9.17, 15) is 13.2 Å². The summed E-state index contributed by atoms with van der Waals surface area (Å²) in [6.07, 6.45) is 0. The van der Waals surface area contributed by atoms with Crippen molar-refractivity contribution in [1.82, 2.24) is 5.32 Å². The lowest BCUT2D eigenvalue weighted by Gasteiger charge is -2.25. The fourth-order valence-electron chi connectivity index (χ4n) is 3.31. The SMILES string of the molecule is COc1ccc([C@@H](C)NC(=O)CN(c2cccc(OC)c2)S(=O)(=O)c2ccc(C)cc2)cc1. The van der Waals surface area contributed by atoms with Crippen molar-refractivity contribution < 1.29 is 22.7 Å². The molecule has 174 valence electrons. The van der Waals surface area contributed by atoms with Crippen molar-refractivity contribution in [3.05, 3.63) is 83.9 Å². The zero-order valence-corrected chi connectivity index (χ0v) is 19.9. The fraction of sp³-hybridized carbons (Fsp3) is 0.240. The monoisotopic (exact) mass is 468 g/mol. The summed E-state index contributed by atoms with van der Waals surface area (Å²) in [7, 11) is -0.914. The summed E-state index contributed by atoms with van der Waals surface area (Å²) in [5.74, 6) is 0.770. The second-order valence-electron chi connectivity index (χ2n) is 7.59. The van der Waals surface area contributed by atoms with Gasteiger partial charge in [0.15, 0.2) is 0 Å². The molecule has 0 saturated heterocycles. The second-order valence-corrected chi connectivity index (χ2v) is 9.45. The third-order valence-electron chi connectivity index (χ3n) is 5.23. The minimum atomic E-state index is -4.00. The number of hydrogen-bond donors (Lipinski definition) is 1. The first-order valence-electron chi connectivity index (χ1n) is 10.4. The molecular weight excluding hydrogens is 440 g/mol. The molecule has 0 radical (unpaired) electrons. The summed E-state index contributed by atoms with van der Waals surface area (Å²) in [5.41, 5.74) is 2.15. The number of ether oxygens (including phenoxy) is 2. The number of carbonyl (C=O) groups is 1. The number of nitrogens with one attached hydrogen (secondary N) is 1. The molecule has 0 aromatic heterocycles. The molecule has 3 aromatic carbocycles. The van der Waals surface area contributed by atoms with E-state index in [1.807, 2.05) is 38.1 Å². The number of anilines is 1. The number of benzene rings is 3. The van der Waals surface area contributed by atoms with E-state index < -0.39 is 15.9 Å². The lowest BCUT2D eigenvalue weighted by molar-refractivity contribution is -0.120. The van der Waals surface area contributed by atoms with Crippen LogP contribution in [0.2, 0.25) is 0 Å². The van der Waals surface area contributed by atoms with Gasteiger partial charge in [-0.1, -0.05) is 35.9 Å². The molecule has 3 rings (SSSR count). The molecule has 1 amide bonds. The maximum Gasteiger partial charge on any atom is 0.264 e. The topological polar surface area (TPSA) is 84.9 Å². The Bertz CT molecular complexity index is 1190. The van der Waals surface area contributed by atoms with Gasteiger partial charge in [-0.15, -0.1) is 0 Å². The normalized spacial score (nSPS) is 12.0. The van der Waals surface area contributed by atoms with E-state index in [1.165, 1.54) is 19.2 Å². The van der Waals surface area contributed by atoms with Crippen LogP contribution in [0.15, 0.2) is 77.7 Å². The number of sulfonamides is 1. The lowest BCUT2D eigenvalue weighted by Crippen LogP contribution is -2.41. The predicted molar refractivity (Wildman–Crippen MR) is 128 cm³/mol. The molecule has 7 nitrogen and oxygen atoms in total. The predicted octanol–water partition coefficient (Wildman–Crippen LogP) is 4.08. The van der Waals surface area contributed by atoms with Crippen LogP contribution in [0.1, 0.15) is 24.1 Å². The molecule has 33 heavy (non-hydrogen) atoms. The molecule has 8 heteroatoms. The number of carbonyl (C=O) groups excluding carboxylic acids is 1. The quantitative estimate of drug-likeness (QED) is 0.511. The first kappa shape index (κ1) is 24.1. The zero-order valence-electron chi connectivity index (χ0n) is 19.1. The third-order valence-corrected chi connectivity index (χ3v) is 7.02. The standard InChI is InChI=1S/C25H28N2O5S/c1-18-8-14-24(15-9-18)33(29,30)27(21-6-5-7-23(16-21)32-4)17-25(28)26-19(2)20-10-12-22(31-3)13-11-20/h5-16,19H,17H2,1-4H3,(H,26,28)/t19-/m1/s1. The molecule has 0 fully saturated rings. The summed E-state index contributed by atoms with van der Waals surface area (Å²) < 4.78 is 38.5. The molecule has 0 aliphatic heterocycles. The lowest BCUT2D eigenvalue weighted by atomic mass is 10.1. The molecule has 3 aromatic rings. The molecule has 0 aliphatic carbocycles. The number of rotatable bonds is 9. The summed E-state index contributed by atoms with van der Waals surface area (Å²) in [6.45, 7) is 3.33. The summed E-state index contributed by atoms with van der Waals surface area (Å²) in [6, 6.07) is 20.1. The van der Waals surface area contributed by atoms with Gasteiger partial charge in [0.2, 0.25) is 5.91 Å². The largest absolute Gasteiger partial charge is 0.497 e. The van der Waals surface area contributed by atoms with Gasteiger partial charge >= 0.3 is 0 Å². The van der Waals surface area contributed by atoms with Gasteiger partial charge in [-0.2, -0.15) is 0 Å². The highest BCUT2D eigenvalue weighted by Crippen LogP contribution is 2.27. The van der Waals surface area contributed by atoms with E-state index in [0.29, 0.717) is 17.2 Å². The number of methoxy groups -OCH3 is 2. The van der Waals surface area contributed by atoms with Crippen molar-refractivity contribution in [3.8, 4) is 11.5 Å². The van der Waals surface area contributed by atoms with Crippen molar-refractivity contribution >= 4 is 21.6 Å². The smallest absolute Gasteiger partial charge is 0.264 e. The maximum atomic E-state index is 13.5. The van der Waals surface area contributed by atoms with Gasteiger partial charge in [-0.25, -0.2) is 8.42 Å². The molecule has 0 heterocycles. The zero-order chi connectivity index (χ0) is 24.0. The van der Waals surface area contributed by atoms with Crippen LogP contribution in [0.5, 0.6) is 11.5 Å². The molecular formula is C25H28N2O5S. The Labute approximate surface area is 195 Å². The summed E-state index contributed by atoms with van der Waals surface area (Å²) >= 11 is 0. The highest BCUT2D eigenvalue weighted by atomic mass is 32.2. The first-order valence-corrected chi connectivity index (χ1v) is 11.9. The van der Waals surface area contributed by atoms with Crippen LogP contribution in [0, 0.1) is 6.92 Å². The highest BCUT2D eigenvalue weighted by molar-refractivity contribution is 7.92. The Morgan fingerprint density at radius 2 is 1.58 bits per heavy atom. The Morgan fingerprint density at radius 3 is 2.18 bits per heavy atom. The Kier molecular flexibility index (Phi) is 7.60. The molecule has 1 atom stereocenters. The van der Waals surface area contributed by atoms with E-state index in [2.05, 4.69) is 5.32 Å². The van der Waals surface area contributed by atoms with Crippen LogP contribution in [0.25, 0.3) is 0 Å². The Balaban J connectivity index is 1.88. The van der Waals surface area contributed by atoms with Crippen molar-refractivity contribution in [3.63, 3.8) is 0 Å². The van der Waals surface area contributed by atoms with Gasteiger partial charge in [0, 0.05) is 6.07 Å². The second kappa shape index (κ2) is 10.4. The van der Waals surface area contributed by atoms with Gasteiger partial charge < -0.3 is 14.8 Å². The maximum absolute atomic E-state index is 13.5. The number of nitrogens with zero attached hydrogens (tertiary/aromatic N) is 1. The van der Waals surface area contributed by atoms with Gasteiger partial charge in [0.1, 0.15) is 18.0 Å². The summed E-state index contributed by atoms with van der Waals surface area (Å²) in [5, 5.41) is 2.88. The molecule has 0 unspecified atom stereocenters. The minimum absolute atomic E-state index is 0.104. The van der Waals surface area contributed by atoms with Crippen LogP contribution in [-0.2, 0) is 14.8 Å². The van der Waals surface area contributed by atoms with E-state index in [0.717, 1.165) is 15.4 Å². The van der Waals surface area contributed by atoms with Crippen molar-refractivity contribution in [2.45, 2.75) is 24.8 Å². The molecule has 0 saturated carbocycles. The van der Waals surface area contributed by atoms with Crippen LogP contribution in [-0.4, -0.2) is 35.1 Å². The minimum Gasteiger partial charge on any atom is -0.497 e. The van der Waals surface area contributed by atoms with E-state index in [-0.39, 0.29) is 17.5 Å². The van der Waals surface area contributed by atoms with Gasteiger partial charge in [0.05, 0.1) is 30.8 Å². The number of aryl methyl sites for hydroxylation is 1. The summed E-state index contributed by atoms with van der Waals surface area (Å²) in [4.78, 5) is 13.1. The third kappa shape index (κ3) is 5.84. The van der Waals surface area contributed by atoms with Crippen LogP contribution < -0.4 is 19.1 Å².